The number of nitrogens with zero attached hydrogens (tertiary/aromatic N) is 2. The van der Waals surface area contributed by atoms with Crippen molar-refractivity contribution in [3.63, 3.8) is 0 Å². The Balaban J connectivity index is 2.21. The summed E-state index contributed by atoms with van der Waals surface area (Å²) in [5, 5.41) is 10.0. The number of carbonyl (C=O) groups excluding carboxylic acids is 1. The van der Waals surface area contributed by atoms with E-state index in [0.717, 1.165) is 0 Å². The number of nitrogens with one attached hydrogen (secondary N) is 1. The number of phenolic OH excluding ortho intramolecular Hbond substituents is 1. The van der Waals surface area contributed by atoms with E-state index in [0.29, 0.717) is 27.7 Å². The van der Waals surface area contributed by atoms with Crippen LogP contribution >= 0.6 is 11.6 Å². The number of nitrogen functional groups attached to an aromatic ring is 1. The third-order valence-electron chi connectivity index (χ3n) is 3.25. The summed E-state index contributed by atoms with van der Waals surface area (Å²) < 4.78 is 0. The van der Waals surface area contributed by atoms with Gasteiger partial charge in [-0.25, -0.2) is 9.97 Å². The highest BCUT2D eigenvalue weighted by atomic mass is 35.5. The van der Waals surface area contributed by atoms with E-state index in [-0.39, 0.29) is 17.3 Å². The summed E-state index contributed by atoms with van der Waals surface area (Å²) in [4.78, 5) is 22.7. The fraction of sp³-hybridized carbons (Fsp3) is 0. The molecule has 0 bridgehead atoms. The highest BCUT2D eigenvalue weighted by Crippen LogP contribution is 2.34. The fourth-order valence-corrected chi connectivity index (χ4v) is 2.44. The van der Waals surface area contributed by atoms with Crippen LogP contribution in [0.25, 0.3) is 22.6 Å². The third-order valence-corrected chi connectivity index (χ3v) is 3.58. The second kappa shape index (κ2) is 5.62. The Morgan fingerprint density at radius 3 is 2.74 bits per heavy atom. The van der Waals surface area contributed by atoms with Gasteiger partial charge in [0.2, 0.25) is 5.95 Å². The Morgan fingerprint density at radius 2 is 2.04 bits per heavy atom. The van der Waals surface area contributed by atoms with E-state index >= 15 is 0 Å². The van der Waals surface area contributed by atoms with Crippen LogP contribution in [0.1, 0.15) is 10.4 Å². The van der Waals surface area contributed by atoms with Crippen molar-refractivity contribution in [2.75, 3.05) is 5.73 Å². The first-order chi connectivity index (χ1) is 11.0. The number of rotatable bonds is 3. The molecule has 7 nitrogen and oxygen atoms in total. The number of aromatic nitrogens is 3. The number of amides is 1. The van der Waals surface area contributed by atoms with Crippen LogP contribution in [0.5, 0.6) is 5.75 Å². The lowest BCUT2D eigenvalue weighted by molar-refractivity contribution is 0.100. The van der Waals surface area contributed by atoms with Gasteiger partial charge < -0.3 is 21.6 Å². The van der Waals surface area contributed by atoms with Gasteiger partial charge in [0.15, 0.2) is 0 Å². The van der Waals surface area contributed by atoms with Crippen molar-refractivity contribution in [1.29, 1.82) is 0 Å². The maximum atomic E-state index is 11.7. The Labute approximate surface area is 135 Å². The lowest BCUT2D eigenvalue weighted by atomic mass is 10.1. The lowest BCUT2D eigenvalue weighted by Crippen LogP contribution is -2.11. The van der Waals surface area contributed by atoms with E-state index in [1.54, 1.807) is 12.1 Å². The minimum absolute atomic E-state index is 0.0160. The first-order valence-electron chi connectivity index (χ1n) is 6.56. The number of benzene rings is 1. The quantitative estimate of drug-likeness (QED) is 0.585. The van der Waals surface area contributed by atoms with Crippen LogP contribution in [0.15, 0.2) is 36.5 Å². The highest BCUT2D eigenvalue weighted by Gasteiger charge is 2.18. The van der Waals surface area contributed by atoms with Gasteiger partial charge in [0.25, 0.3) is 5.91 Å². The van der Waals surface area contributed by atoms with E-state index in [4.69, 9.17) is 23.1 Å². The van der Waals surface area contributed by atoms with Crippen molar-refractivity contribution in [3.8, 4) is 28.4 Å². The van der Waals surface area contributed by atoms with Crippen molar-refractivity contribution < 1.29 is 9.90 Å². The second-order valence-electron chi connectivity index (χ2n) is 4.80. The molecule has 0 atom stereocenters. The molecule has 0 aliphatic rings. The van der Waals surface area contributed by atoms with Gasteiger partial charge in [-0.05, 0) is 30.3 Å². The van der Waals surface area contributed by atoms with Gasteiger partial charge in [-0.1, -0.05) is 11.6 Å². The van der Waals surface area contributed by atoms with Crippen LogP contribution < -0.4 is 11.5 Å². The number of H-pyrrole nitrogens is 1. The summed E-state index contributed by atoms with van der Waals surface area (Å²) in [7, 11) is 0. The number of nitrogens with two attached hydrogens (primary N) is 2. The van der Waals surface area contributed by atoms with E-state index in [9.17, 15) is 9.90 Å². The van der Waals surface area contributed by atoms with Gasteiger partial charge in [-0.2, -0.15) is 0 Å². The molecule has 1 aromatic carbocycles. The van der Waals surface area contributed by atoms with E-state index in [1.807, 2.05) is 0 Å². The molecule has 3 aromatic rings. The molecule has 8 heteroatoms. The number of anilines is 1. The van der Waals surface area contributed by atoms with Crippen LogP contribution in [0.4, 0.5) is 5.95 Å². The number of halogens is 1. The normalized spacial score (nSPS) is 10.7. The van der Waals surface area contributed by atoms with Gasteiger partial charge in [0.05, 0.1) is 27.7 Å². The number of aromatic hydroxyl groups is 1. The van der Waals surface area contributed by atoms with Crippen molar-refractivity contribution in [2.24, 2.45) is 5.73 Å². The summed E-state index contributed by atoms with van der Waals surface area (Å²) in [5.74, 6) is -0.513. The molecule has 23 heavy (non-hydrogen) atoms. The molecule has 0 aliphatic heterocycles. The van der Waals surface area contributed by atoms with Crippen molar-refractivity contribution in [3.05, 3.63) is 47.1 Å². The Morgan fingerprint density at radius 1 is 1.26 bits per heavy atom. The molecule has 0 saturated carbocycles. The van der Waals surface area contributed by atoms with Crippen LogP contribution in [0, 0.1) is 0 Å². The maximum absolute atomic E-state index is 11.7. The first kappa shape index (κ1) is 14.9. The van der Waals surface area contributed by atoms with Crippen molar-refractivity contribution >= 4 is 23.5 Å². The standard InChI is InChI=1S/C15H12ClN5O2/c16-10-2-1-7(22)5-8(10)13-9(14(17)23)6-12(20-13)11-3-4-19-15(18)21-11/h1-6,20,22H,(H2,17,23)(H2,18,19,21). The van der Waals surface area contributed by atoms with Crippen LogP contribution in [-0.4, -0.2) is 26.0 Å². The zero-order chi connectivity index (χ0) is 16.6. The van der Waals surface area contributed by atoms with Gasteiger partial charge in [-0.15, -0.1) is 0 Å². The van der Waals surface area contributed by atoms with Gasteiger partial charge in [0, 0.05) is 11.8 Å². The van der Waals surface area contributed by atoms with Crippen LogP contribution in [-0.2, 0) is 0 Å². The molecule has 0 spiro atoms. The molecule has 0 unspecified atom stereocenters. The molecule has 0 aliphatic carbocycles. The van der Waals surface area contributed by atoms with E-state index < -0.39 is 5.91 Å². The minimum atomic E-state index is -0.635. The van der Waals surface area contributed by atoms with E-state index in [2.05, 4.69) is 15.0 Å². The molecule has 0 radical (unpaired) electrons. The minimum Gasteiger partial charge on any atom is -0.508 e. The molecular weight excluding hydrogens is 318 g/mol. The monoisotopic (exact) mass is 329 g/mol. The third kappa shape index (κ3) is 2.82. The number of hydrogen-bond acceptors (Lipinski definition) is 5. The first-order valence-corrected chi connectivity index (χ1v) is 6.94. The van der Waals surface area contributed by atoms with Gasteiger partial charge in [0.1, 0.15) is 5.75 Å². The molecule has 116 valence electrons. The number of aromatic amines is 1. The molecule has 2 heterocycles. The molecule has 3 rings (SSSR count). The zero-order valence-corrected chi connectivity index (χ0v) is 12.5. The number of hydrogen-bond donors (Lipinski definition) is 4. The molecule has 0 saturated heterocycles. The lowest BCUT2D eigenvalue weighted by Gasteiger charge is -2.05. The maximum Gasteiger partial charge on any atom is 0.250 e. The molecular formula is C15H12ClN5O2. The summed E-state index contributed by atoms with van der Waals surface area (Å²) in [5.41, 5.74) is 13.1. The fourth-order valence-electron chi connectivity index (χ4n) is 2.23. The van der Waals surface area contributed by atoms with E-state index in [1.165, 1.54) is 24.4 Å². The number of phenols is 1. The highest BCUT2D eigenvalue weighted by molar-refractivity contribution is 6.33. The predicted octanol–water partition coefficient (Wildman–Crippen LogP) is 2.18. The smallest absolute Gasteiger partial charge is 0.250 e. The van der Waals surface area contributed by atoms with Gasteiger partial charge in [-0.3, -0.25) is 4.79 Å². The van der Waals surface area contributed by atoms with Crippen LogP contribution in [0.2, 0.25) is 5.02 Å². The SMILES string of the molecule is NC(=O)c1cc(-c2ccnc(N)n2)[nH]c1-c1cc(O)ccc1Cl. The Kier molecular flexibility index (Phi) is 3.63. The largest absolute Gasteiger partial charge is 0.508 e. The average Bonchev–Trinajstić information content (AvgIpc) is 2.95. The van der Waals surface area contributed by atoms with Crippen LogP contribution in [0.3, 0.4) is 0 Å². The summed E-state index contributed by atoms with van der Waals surface area (Å²) in [6, 6.07) is 7.62. The summed E-state index contributed by atoms with van der Waals surface area (Å²) in [6.07, 6.45) is 1.50. The topological polar surface area (TPSA) is 131 Å². The molecule has 2 aromatic heterocycles. The predicted molar refractivity (Wildman–Crippen MR) is 86.9 cm³/mol. The van der Waals surface area contributed by atoms with Crippen molar-refractivity contribution in [2.45, 2.75) is 0 Å². The Hall–Kier alpha value is -3.06. The molecule has 0 fully saturated rings. The zero-order valence-electron chi connectivity index (χ0n) is 11.7. The number of carbonyl (C=O) groups is 1. The summed E-state index contributed by atoms with van der Waals surface area (Å²) in [6.45, 7) is 0. The average molecular weight is 330 g/mol. The molecule has 1 amide bonds. The van der Waals surface area contributed by atoms with Gasteiger partial charge >= 0.3 is 0 Å². The second-order valence-corrected chi connectivity index (χ2v) is 5.21. The Bertz CT molecular complexity index is 907. The van der Waals surface area contributed by atoms with Crippen molar-refractivity contribution in [1.82, 2.24) is 15.0 Å². The molecule has 6 N–H and O–H groups in total. The number of primary amides is 1. The summed E-state index contributed by atoms with van der Waals surface area (Å²) >= 11 is 6.16.